The van der Waals surface area contributed by atoms with E-state index in [0.717, 1.165) is 0 Å². The summed E-state index contributed by atoms with van der Waals surface area (Å²) in [5.74, 6) is 0.622. The van der Waals surface area contributed by atoms with E-state index in [2.05, 4.69) is 13.8 Å². The van der Waals surface area contributed by atoms with Crippen molar-refractivity contribution in [1.29, 1.82) is 0 Å². The number of hydrogen-bond donors (Lipinski definition) is 0. The molecule has 0 aliphatic carbocycles. The van der Waals surface area contributed by atoms with Crippen LogP contribution in [0.5, 0.6) is 0 Å². The molecule has 0 rings (SSSR count). The van der Waals surface area contributed by atoms with Gasteiger partial charge in [-0.05, 0) is 12.3 Å². The van der Waals surface area contributed by atoms with Crippen LogP contribution in [0.25, 0.3) is 0 Å². The molecule has 0 aliphatic heterocycles. The van der Waals surface area contributed by atoms with Crippen LogP contribution in [0.3, 0.4) is 0 Å². The molecule has 1 unspecified atom stereocenters. The number of hydrogen-bond acceptors (Lipinski definition) is 0. The van der Waals surface area contributed by atoms with Crippen molar-refractivity contribution in [2.24, 2.45) is 5.92 Å². The van der Waals surface area contributed by atoms with Crippen LogP contribution in [0.2, 0.25) is 0 Å². The van der Waals surface area contributed by atoms with Crippen molar-refractivity contribution in [3.8, 4) is 0 Å². The van der Waals surface area contributed by atoms with E-state index in [9.17, 15) is 0 Å². The van der Waals surface area contributed by atoms with Gasteiger partial charge in [0.25, 0.3) is 0 Å². The molecule has 55 valence electrons. The Bertz CT molecular complexity index is 52.5. The first-order valence-electron chi connectivity index (χ1n) is 3.95. The molecule has 1 heteroatoms. The molecule has 0 bridgehead atoms. The highest BCUT2D eigenvalue weighted by Gasteiger charge is 1.96. The summed E-state index contributed by atoms with van der Waals surface area (Å²) >= 11 is 0. The second-order valence-electron chi connectivity index (χ2n) is 2.81. The summed E-state index contributed by atoms with van der Waals surface area (Å²) in [7, 11) is 0. The van der Waals surface area contributed by atoms with E-state index in [1.165, 1.54) is 25.7 Å². The molecule has 0 aromatic carbocycles. The molecule has 1 radical (unpaired) electrons. The van der Waals surface area contributed by atoms with E-state index >= 15 is 0 Å². The molecule has 0 aliphatic rings. The van der Waals surface area contributed by atoms with Gasteiger partial charge in [0.15, 0.2) is 0 Å². The maximum Gasteiger partial charge on any atom is 0.0125 e. The fourth-order valence-corrected chi connectivity index (χ4v) is 0.845. The Labute approximate surface area is 58.6 Å². The van der Waals surface area contributed by atoms with E-state index < -0.39 is 0 Å². The minimum Gasteiger partial charge on any atom is -0.258 e. The van der Waals surface area contributed by atoms with Gasteiger partial charge in [-0.3, -0.25) is 5.73 Å². The average molecular weight is 128 g/mol. The Morgan fingerprint density at radius 1 is 1.33 bits per heavy atom. The molecule has 9 heavy (non-hydrogen) atoms. The molecule has 1 nitrogen and oxygen atoms in total. The molecule has 0 aromatic rings. The minimum absolute atomic E-state index is 0.601. The summed E-state index contributed by atoms with van der Waals surface area (Å²) in [5, 5.41) is 0. The molecule has 0 amide bonds. The lowest BCUT2D eigenvalue weighted by molar-refractivity contribution is 0.500. The highest BCUT2D eigenvalue weighted by molar-refractivity contribution is 4.51. The van der Waals surface area contributed by atoms with Crippen molar-refractivity contribution in [3.63, 3.8) is 0 Å². The molecule has 0 aromatic heterocycles. The largest absolute Gasteiger partial charge is 0.258 e. The smallest absolute Gasteiger partial charge is 0.0125 e. The minimum atomic E-state index is 0.601. The topological polar surface area (TPSA) is 23.8 Å². The van der Waals surface area contributed by atoms with Crippen LogP contribution in [0.1, 0.15) is 39.5 Å². The number of unbranched alkanes of at least 4 members (excludes halogenated alkanes) is 2. The summed E-state index contributed by atoms with van der Waals surface area (Å²) in [4.78, 5) is 0. The van der Waals surface area contributed by atoms with Crippen LogP contribution in [0.4, 0.5) is 0 Å². The third-order valence-corrected chi connectivity index (χ3v) is 1.65. The SMILES string of the molecule is CCCCCC(C)C[NH]. The summed E-state index contributed by atoms with van der Waals surface area (Å²) in [6.07, 6.45) is 5.20. The van der Waals surface area contributed by atoms with Gasteiger partial charge in [0.1, 0.15) is 0 Å². The molecule has 0 fully saturated rings. The molecule has 0 heterocycles. The number of nitrogens with one attached hydrogen (secondary N) is 1. The summed E-state index contributed by atoms with van der Waals surface area (Å²) in [6.45, 7) is 4.97. The molecular formula is C8H18N. The Balaban J connectivity index is 2.88. The van der Waals surface area contributed by atoms with Gasteiger partial charge in [0.05, 0.1) is 0 Å². The zero-order chi connectivity index (χ0) is 7.11. The number of rotatable bonds is 5. The second-order valence-corrected chi connectivity index (χ2v) is 2.81. The van der Waals surface area contributed by atoms with E-state index in [1.807, 2.05) is 0 Å². The van der Waals surface area contributed by atoms with Crippen molar-refractivity contribution < 1.29 is 0 Å². The third-order valence-electron chi connectivity index (χ3n) is 1.65. The van der Waals surface area contributed by atoms with Gasteiger partial charge >= 0.3 is 0 Å². The van der Waals surface area contributed by atoms with Crippen molar-refractivity contribution in [2.45, 2.75) is 39.5 Å². The Morgan fingerprint density at radius 2 is 2.00 bits per heavy atom. The Hall–Kier alpha value is -0.0400. The monoisotopic (exact) mass is 128 g/mol. The normalized spacial score (nSPS) is 13.7. The van der Waals surface area contributed by atoms with Crippen molar-refractivity contribution in [2.75, 3.05) is 6.54 Å². The molecule has 0 saturated heterocycles. The van der Waals surface area contributed by atoms with E-state index in [1.54, 1.807) is 0 Å². The summed E-state index contributed by atoms with van der Waals surface area (Å²) < 4.78 is 0. The van der Waals surface area contributed by atoms with Crippen LogP contribution in [-0.4, -0.2) is 6.54 Å². The van der Waals surface area contributed by atoms with Crippen molar-refractivity contribution in [3.05, 3.63) is 0 Å². The molecule has 0 spiro atoms. The molecule has 1 atom stereocenters. The predicted molar refractivity (Wildman–Crippen MR) is 41.3 cm³/mol. The fraction of sp³-hybridized carbons (Fsp3) is 1.00. The van der Waals surface area contributed by atoms with Gasteiger partial charge in [0.2, 0.25) is 0 Å². The van der Waals surface area contributed by atoms with Gasteiger partial charge in [-0.25, -0.2) is 0 Å². The fourth-order valence-electron chi connectivity index (χ4n) is 0.845. The molecule has 1 N–H and O–H groups in total. The lowest BCUT2D eigenvalue weighted by atomic mass is 10.0. The second kappa shape index (κ2) is 6.09. The van der Waals surface area contributed by atoms with Gasteiger partial charge in [0, 0.05) is 6.54 Å². The van der Waals surface area contributed by atoms with Gasteiger partial charge in [-0.15, -0.1) is 0 Å². The van der Waals surface area contributed by atoms with Crippen LogP contribution in [-0.2, 0) is 0 Å². The first-order chi connectivity index (χ1) is 4.31. The van der Waals surface area contributed by atoms with Crippen LogP contribution >= 0.6 is 0 Å². The standard InChI is InChI=1S/C8H18N/c1-3-4-5-6-8(2)7-9/h8-9H,3-7H2,1-2H3. The lowest BCUT2D eigenvalue weighted by Gasteiger charge is -2.04. The summed E-state index contributed by atoms with van der Waals surface area (Å²) in [6, 6.07) is 0. The lowest BCUT2D eigenvalue weighted by Crippen LogP contribution is -2.01. The van der Waals surface area contributed by atoms with Gasteiger partial charge in [-0.1, -0.05) is 33.1 Å². The Morgan fingerprint density at radius 3 is 2.44 bits per heavy atom. The zero-order valence-corrected chi connectivity index (χ0v) is 6.61. The third kappa shape index (κ3) is 5.84. The van der Waals surface area contributed by atoms with E-state index in [4.69, 9.17) is 5.73 Å². The predicted octanol–water partition coefficient (Wildman–Crippen LogP) is 2.49. The quantitative estimate of drug-likeness (QED) is 0.508. The highest BCUT2D eigenvalue weighted by atomic mass is 14.5. The van der Waals surface area contributed by atoms with Crippen LogP contribution in [0, 0.1) is 5.92 Å². The van der Waals surface area contributed by atoms with Crippen LogP contribution in [0.15, 0.2) is 0 Å². The van der Waals surface area contributed by atoms with E-state index in [0.29, 0.717) is 12.5 Å². The highest BCUT2D eigenvalue weighted by Crippen LogP contribution is 2.07. The van der Waals surface area contributed by atoms with Crippen LogP contribution < -0.4 is 5.73 Å². The van der Waals surface area contributed by atoms with Crippen molar-refractivity contribution in [1.82, 2.24) is 5.73 Å². The maximum atomic E-state index is 7.04. The first kappa shape index (κ1) is 8.96. The van der Waals surface area contributed by atoms with Crippen molar-refractivity contribution >= 4 is 0 Å². The molecular weight excluding hydrogens is 110 g/mol. The average Bonchev–Trinajstić information content (AvgIpc) is 1.89. The zero-order valence-electron chi connectivity index (χ0n) is 6.61. The van der Waals surface area contributed by atoms with Gasteiger partial charge < -0.3 is 0 Å². The summed E-state index contributed by atoms with van der Waals surface area (Å²) in [5.41, 5.74) is 7.04. The Kier molecular flexibility index (Phi) is 6.06. The maximum absolute atomic E-state index is 7.04. The molecule has 0 saturated carbocycles. The van der Waals surface area contributed by atoms with Gasteiger partial charge in [-0.2, -0.15) is 0 Å². The first-order valence-corrected chi connectivity index (χ1v) is 3.95. The van der Waals surface area contributed by atoms with E-state index in [-0.39, 0.29) is 0 Å².